The Morgan fingerprint density at radius 2 is 1.22 bits per heavy atom. The standard InChI is InChI=1S/C26H24S/c1-5-13-20-22-16-10-12-18-26(22)27(23(20)8-4)24(14-6-2)19(7-3)21-15-9-11-17-25(21)27/h5-18H,3-4H2,1-2H3/b13-5-,14-6-. The van der Waals surface area contributed by atoms with Gasteiger partial charge in [0, 0.05) is 19.6 Å². The Morgan fingerprint density at radius 3 is 1.74 bits per heavy atom. The lowest BCUT2D eigenvalue weighted by molar-refractivity contribution is 1.35. The molecular formula is C26H24S. The van der Waals surface area contributed by atoms with Crippen LogP contribution in [0.3, 0.4) is 0 Å². The molecule has 27 heavy (non-hydrogen) atoms. The van der Waals surface area contributed by atoms with Crippen LogP contribution in [0.1, 0.15) is 25.0 Å². The Hall–Kier alpha value is -2.77. The van der Waals surface area contributed by atoms with Crippen LogP contribution >= 0.6 is 10.0 Å². The third-order valence-electron chi connectivity index (χ3n) is 5.25. The molecule has 0 saturated heterocycles. The predicted octanol–water partition coefficient (Wildman–Crippen LogP) is 7.88. The largest absolute Gasteiger partial charge is 0.130 e. The van der Waals surface area contributed by atoms with Crippen LogP contribution in [0, 0.1) is 0 Å². The van der Waals surface area contributed by atoms with Crippen molar-refractivity contribution >= 4 is 21.2 Å². The van der Waals surface area contributed by atoms with Crippen LogP contribution in [0.15, 0.2) is 118 Å². The molecule has 0 aromatic heterocycles. The van der Waals surface area contributed by atoms with E-state index in [1.807, 2.05) is 6.08 Å². The Kier molecular flexibility index (Phi) is 4.41. The van der Waals surface area contributed by atoms with Crippen molar-refractivity contribution in [2.75, 3.05) is 0 Å². The molecule has 134 valence electrons. The Bertz CT molecular complexity index is 1070. The fourth-order valence-electron chi connectivity index (χ4n) is 4.35. The van der Waals surface area contributed by atoms with E-state index in [1.54, 1.807) is 0 Å². The lowest BCUT2D eigenvalue weighted by Crippen LogP contribution is -2.01. The maximum absolute atomic E-state index is 4.25. The minimum atomic E-state index is -1.54. The summed E-state index contributed by atoms with van der Waals surface area (Å²) in [4.78, 5) is 5.50. The summed E-state index contributed by atoms with van der Waals surface area (Å²) >= 11 is 0. The first kappa shape index (κ1) is 17.6. The van der Waals surface area contributed by atoms with Crippen LogP contribution in [0.5, 0.6) is 0 Å². The van der Waals surface area contributed by atoms with Gasteiger partial charge in [-0.15, -0.1) is 10.0 Å². The number of rotatable bonds is 4. The molecule has 2 aromatic rings. The van der Waals surface area contributed by atoms with E-state index in [0.717, 1.165) is 0 Å². The van der Waals surface area contributed by atoms with Crippen LogP contribution in [-0.4, -0.2) is 0 Å². The van der Waals surface area contributed by atoms with Gasteiger partial charge in [0.1, 0.15) is 0 Å². The highest BCUT2D eigenvalue weighted by Crippen LogP contribution is 2.83. The average molecular weight is 369 g/mol. The maximum atomic E-state index is 4.25. The summed E-state index contributed by atoms with van der Waals surface area (Å²) in [5, 5.41) is 0. The Morgan fingerprint density at radius 1 is 0.667 bits per heavy atom. The van der Waals surface area contributed by atoms with Crippen molar-refractivity contribution in [3.05, 3.63) is 119 Å². The molecule has 1 heteroatoms. The summed E-state index contributed by atoms with van der Waals surface area (Å²) in [5.74, 6) is 0. The van der Waals surface area contributed by atoms with Crippen molar-refractivity contribution in [3.63, 3.8) is 0 Å². The highest BCUT2D eigenvalue weighted by molar-refractivity contribution is 8.41. The smallest absolute Gasteiger partial charge is 0.0102 e. The molecule has 0 amide bonds. The molecule has 0 saturated carbocycles. The monoisotopic (exact) mass is 368 g/mol. The molecule has 4 rings (SSSR count). The van der Waals surface area contributed by atoms with Gasteiger partial charge in [-0.1, -0.05) is 86.0 Å². The minimum absolute atomic E-state index is 1.24. The fourth-order valence-corrected chi connectivity index (χ4v) is 8.97. The summed E-state index contributed by atoms with van der Waals surface area (Å²) in [6.07, 6.45) is 12.9. The lowest BCUT2D eigenvalue weighted by atomic mass is 10.1. The molecular weight excluding hydrogens is 344 g/mol. The Balaban J connectivity index is 2.25. The second-order valence-corrected chi connectivity index (χ2v) is 9.55. The molecule has 0 radical (unpaired) electrons. The molecule has 2 heterocycles. The van der Waals surface area contributed by atoms with Gasteiger partial charge in [-0.05, 0) is 48.3 Å². The Labute approximate surface area is 164 Å². The van der Waals surface area contributed by atoms with Crippen LogP contribution in [0.2, 0.25) is 0 Å². The zero-order valence-electron chi connectivity index (χ0n) is 15.9. The van der Waals surface area contributed by atoms with E-state index >= 15 is 0 Å². The van der Waals surface area contributed by atoms with Crippen molar-refractivity contribution in [1.82, 2.24) is 0 Å². The van der Waals surface area contributed by atoms with E-state index in [4.69, 9.17) is 0 Å². The van der Waals surface area contributed by atoms with Gasteiger partial charge in [0.25, 0.3) is 0 Å². The molecule has 1 atom stereocenters. The lowest BCUT2D eigenvalue weighted by Gasteiger charge is -2.38. The van der Waals surface area contributed by atoms with Gasteiger partial charge in [0.15, 0.2) is 0 Å². The van der Waals surface area contributed by atoms with E-state index in [1.165, 1.54) is 41.9 Å². The zero-order valence-corrected chi connectivity index (χ0v) is 16.7. The van der Waals surface area contributed by atoms with Crippen LogP contribution < -0.4 is 0 Å². The second-order valence-electron chi connectivity index (χ2n) is 6.57. The van der Waals surface area contributed by atoms with Crippen LogP contribution in [0.4, 0.5) is 0 Å². The van der Waals surface area contributed by atoms with E-state index in [2.05, 4.69) is 106 Å². The highest BCUT2D eigenvalue weighted by Gasteiger charge is 2.47. The average Bonchev–Trinajstić information content (AvgIpc) is 3.14. The highest BCUT2D eigenvalue weighted by atomic mass is 32.3. The summed E-state index contributed by atoms with van der Waals surface area (Å²) in [6, 6.07) is 17.7. The number of fused-ring (bicyclic) bond motifs is 4. The van der Waals surface area contributed by atoms with Gasteiger partial charge < -0.3 is 0 Å². The molecule has 2 aliphatic rings. The van der Waals surface area contributed by atoms with Crippen molar-refractivity contribution in [3.8, 4) is 0 Å². The van der Waals surface area contributed by atoms with E-state index in [-0.39, 0.29) is 0 Å². The van der Waals surface area contributed by atoms with E-state index in [0.29, 0.717) is 0 Å². The van der Waals surface area contributed by atoms with Crippen LogP contribution in [-0.2, 0) is 0 Å². The molecule has 0 bridgehead atoms. The molecule has 0 aliphatic carbocycles. The van der Waals surface area contributed by atoms with Gasteiger partial charge >= 0.3 is 0 Å². The minimum Gasteiger partial charge on any atom is -0.130 e. The molecule has 0 nitrogen and oxygen atoms in total. The molecule has 2 aliphatic heterocycles. The van der Waals surface area contributed by atoms with Gasteiger partial charge in [-0.2, -0.15) is 0 Å². The number of benzene rings is 2. The second kappa shape index (κ2) is 6.75. The number of hydrogen-bond donors (Lipinski definition) is 0. The predicted molar refractivity (Wildman–Crippen MR) is 121 cm³/mol. The van der Waals surface area contributed by atoms with Gasteiger partial charge in [-0.3, -0.25) is 0 Å². The first-order valence-electron chi connectivity index (χ1n) is 9.26. The van der Waals surface area contributed by atoms with Gasteiger partial charge in [-0.25, -0.2) is 0 Å². The summed E-state index contributed by atoms with van der Waals surface area (Å²) in [6.45, 7) is 12.6. The molecule has 1 spiro atoms. The molecule has 0 fully saturated rings. The van der Waals surface area contributed by atoms with Crippen molar-refractivity contribution in [2.45, 2.75) is 23.6 Å². The van der Waals surface area contributed by atoms with Crippen molar-refractivity contribution < 1.29 is 0 Å². The normalized spacial score (nSPS) is 23.2. The molecule has 0 N–H and O–H groups in total. The SMILES string of the molecule is C=CC1=C(/C=C\C)S2(C(C=C)=C(/C=C\C)c3ccccc32)c2ccccc21. The zero-order chi connectivity index (χ0) is 19.0. The molecule has 2 aromatic carbocycles. The first-order chi connectivity index (χ1) is 13.2. The van der Waals surface area contributed by atoms with Gasteiger partial charge in [0.2, 0.25) is 0 Å². The first-order valence-corrected chi connectivity index (χ1v) is 10.9. The topological polar surface area (TPSA) is 0 Å². The third kappa shape index (κ3) is 2.18. The van der Waals surface area contributed by atoms with Crippen molar-refractivity contribution in [2.24, 2.45) is 0 Å². The van der Waals surface area contributed by atoms with Gasteiger partial charge in [0.05, 0.1) is 0 Å². The summed E-state index contributed by atoms with van der Waals surface area (Å²) < 4.78 is 0. The summed E-state index contributed by atoms with van der Waals surface area (Å²) in [5.41, 5.74) is 5.16. The van der Waals surface area contributed by atoms with E-state index in [9.17, 15) is 0 Å². The number of hydrogen-bond acceptors (Lipinski definition) is 0. The quantitative estimate of drug-likeness (QED) is 0.515. The van der Waals surface area contributed by atoms with Crippen LogP contribution in [0.25, 0.3) is 11.1 Å². The third-order valence-corrected chi connectivity index (χ3v) is 9.34. The maximum Gasteiger partial charge on any atom is 0.0102 e. The fraction of sp³-hybridized carbons (Fsp3) is 0.0769. The molecule has 1 unspecified atom stereocenters. The van der Waals surface area contributed by atoms with Crippen molar-refractivity contribution in [1.29, 1.82) is 0 Å². The number of allylic oxidation sites excluding steroid dienone is 8. The summed E-state index contributed by atoms with van der Waals surface area (Å²) in [7, 11) is -1.54. The van der Waals surface area contributed by atoms with E-state index < -0.39 is 10.0 Å².